The van der Waals surface area contributed by atoms with Gasteiger partial charge in [0, 0.05) is 10.9 Å². The molecule has 0 heterocycles. The van der Waals surface area contributed by atoms with Crippen molar-refractivity contribution in [2.75, 3.05) is 0 Å². The Hall–Kier alpha value is -2.85. The summed E-state index contributed by atoms with van der Waals surface area (Å²) in [5, 5.41) is 1.62. The number of halogens is 1. The van der Waals surface area contributed by atoms with E-state index in [9.17, 15) is 0 Å². The number of benzene rings is 3. The van der Waals surface area contributed by atoms with Crippen molar-refractivity contribution in [1.82, 2.24) is 0 Å². The van der Waals surface area contributed by atoms with Crippen molar-refractivity contribution in [2.24, 2.45) is 5.92 Å². The van der Waals surface area contributed by atoms with Gasteiger partial charge in [0.1, 0.15) is 5.82 Å². The summed E-state index contributed by atoms with van der Waals surface area (Å²) < 4.78 is 15.1. The Kier molecular flexibility index (Phi) is 6.34. The number of fused-ring (bicyclic) bond motifs is 1. The fourth-order valence-corrected chi connectivity index (χ4v) is 4.53. The van der Waals surface area contributed by atoms with Crippen LogP contribution in [0.1, 0.15) is 67.2 Å². The first kappa shape index (κ1) is 20.4. The van der Waals surface area contributed by atoms with Gasteiger partial charge in [0.25, 0.3) is 0 Å². The second-order valence-electron chi connectivity index (χ2n) is 8.45. The van der Waals surface area contributed by atoms with Crippen molar-refractivity contribution in [2.45, 2.75) is 51.4 Å². The molecule has 1 heteroatoms. The monoisotopic (exact) mass is 396 g/mol. The van der Waals surface area contributed by atoms with Gasteiger partial charge >= 0.3 is 0 Å². The van der Waals surface area contributed by atoms with Gasteiger partial charge in [-0.25, -0.2) is 4.39 Å². The third-order valence-electron chi connectivity index (χ3n) is 6.39. The van der Waals surface area contributed by atoms with Crippen LogP contribution in [0.5, 0.6) is 0 Å². The van der Waals surface area contributed by atoms with E-state index in [-0.39, 0.29) is 5.82 Å². The van der Waals surface area contributed by atoms with Crippen molar-refractivity contribution in [3.05, 3.63) is 95.3 Å². The molecule has 1 aliphatic carbocycles. The first-order valence-electron chi connectivity index (χ1n) is 11.1. The zero-order valence-corrected chi connectivity index (χ0v) is 17.8. The smallest absolute Gasteiger partial charge is 0.146 e. The molecule has 152 valence electrons. The van der Waals surface area contributed by atoms with Gasteiger partial charge in [-0.2, -0.15) is 0 Å². The molecule has 4 rings (SSSR count). The highest BCUT2D eigenvalue weighted by atomic mass is 19.1. The van der Waals surface area contributed by atoms with Crippen LogP contribution in [0.3, 0.4) is 0 Å². The van der Waals surface area contributed by atoms with Crippen LogP contribution in [0.25, 0.3) is 10.8 Å². The number of hydrogen-bond donors (Lipinski definition) is 0. The van der Waals surface area contributed by atoms with E-state index in [4.69, 9.17) is 0 Å². The van der Waals surface area contributed by atoms with Crippen LogP contribution < -0.4 is 0 Å². The van der Waals surface area contributed by atoms with E-state index in [0.29, 0.717) is 22.8 Å². The Bertz CT molecular complexity index is 1090. The molecule has 1 fully saturated rings. The van der Waals surface area contributed by atoms with E-state index in [1.54, 1.807) is 0 Å². The third-order valence-corrected chi connectivity index (χ3v) is 6.39. The summed E-state index contributed by atoms with van der Waals surface area (Å²) in [4.78, 5) is 0. The van der Waals surface area contributed by atoms with Crippen molar-refractivity contribution >= 4 is 10.8 Å². The molecular formula is C29H29F. The average molecular weight is 397 g/mol. The van der Waals surface area contributed by atoms with Gasteiger partial charge in [-0.05, 0) is 78.7 Å². The molecule has 0 bridgehead atoms. The molecule has 0 radical (unpaired) electrons. The molecule has 1 aliphatic rings. The Morgan fingerprint density at radius 2 is 1.73 bits per heavy atom. The van der Waals surface area contributed by atoms with Crippen LogP contribution in [-0.2, 0) is 6.42 Å². The fraction of sp³-hybridized carbons (Fsp3) is 0.310. The topological polar surface area (TPSA) is 0 Å². The van der Waals surface area contributed by atoms with Crippen LogP contribution in [0.2, 0.25) is 0 Å². The third kappa shape index (κ3) is 4.49. The Morgan fingerprint density at radius 1 is 0.967 bits per heavy atom. The van der Waals surface area contributed by atoms with Crippen LogP contribution in [0.15, 0.2) is 67.3 Å². The number of rotatable bonds is 4. The van der Waals surface area contributed by atoms with Gasteiger partial charge in [0.15, 0.2) is 0 Å². The van der Waals surface area contributed by atoms with Gasteiger partial charge in [0.05, 0.1) is 5.56 Å². The van der Waals surface area contributed by atoms with Gasteiger partial charge in [-0.1, -0.05) is 67.7 Å². The largest absolute Gasteiger partial charge is 0.205 e. The van der Waals surface area contributed by atoms with Crippen molar-refractivity contribution in [1.29, 1.82) is 0 Å². The summed E-state index contributed by atoms with van der Waals surface area (Å²) in [6, 6.07) is 18.3. The molecule has 0 aromatic heterocycles. The van der Waals surface area contributed by atoms with Gasteiger partial charge in [-0.15, -0.1) is 6.58 Å². The second-order valence-corrected chi connectivity index (χ2v) is 8.45. The molecule has 3 aromatic rings. The summed E-state index contributed by atoms with van der Waals surface area (Å²) >= 11 is 0. The zero-order chi connectivity index (χ0) is 20.9. The number of allylic oxidation sites excluding steroid dienone is 1. The molecule has 0 saturated heterocycles. The zero-order valence-electron chi connectivity index (χ0n) is 17.8. The molecule has 0 N–H and O–H groups in total. The molecule has 1 saturated carbocycles. The highest BCUT2D eigenvalue weighted by Gasteiger charge is 2.21. The lowest BCUT2D eigenvalue weighted by Crippen LogP contribution is -2.11. The highest BCUT2D eigenvalue weighted by Crippen LogP contribution is 2.37. The predicted molar refractivity (Wildman–Crippen MR) is 125 cm³/mol. The molecule has 0 unspecified atom stereocenters. The minimum Gasteiger partial charge on any atom is -0.205 e. The maximum Gasteiger partial charge on any atom is 0.146 e. The standard InChI is InChI=1S/C29H29F/c1-3-5-22-6-8-23(9-7-22)12-15-25-16-17-27-20-26(18-19-28(27)29(25)30)24-13-10-21(4-2)11-14-24/h4,6-9,16-21,24H,2-3,5,10-11,13-14H2,1H3. The Balaban J connectivity index is 1.55. The minimum atomic E-state index is -0.218. The van der Waals surface area contributed by atoms with Gasteiger partial charge < -0.3 is 0 Å². The molecule has 3 aromatic carbocycles. The van der Waals surface area contributed by atoms with E-state index in [1.165, 1.54) is 36.8 Å². The van der Waals surface area contributed by atoms with E-state index < -0.39 is 0 Å². The summed E-state index contributed by atoms with van der Waals surface area (Å²) in [6.45, 7) is 6.11. The summed E-state index contributed by atoms with van der Waals surface area (Å²) in [5.41, 5.74) is 4.02. The van der Waals surface area contributed by atoms with Crippen LogP contribution in [-0.4, -0.2) is 0 Å². The van der Waals surface area contributed by atoms with E-state index >= 15 is 4.39 Å². The molecule has 30 heavy (non-hydrogen) atoms. The summed E-state index contributed by atoms with van der Waals surface area (Å²) in [5.74, 6) is 7.15. The van der Waals surface area contributed by atoms with Crippen molar-refractivity contribution in [3.63, 3.8) is 0 Å². The fourth-order valence-electron chi connectivity index (χ4n) is 4.53. The lowest BCUT2D eigenvalue weighted by atomic mass is 9.78. The van der Waals surface area contributed by atoms with Gasteiger partial charge in [0.2, 0.25) is 0 Å². The lowest BCUT2D eigenvalue weighted by molar-refractivity contribution is 0.376. The quantitative estimate of drug-likeness (QED) is 0.312. The molecule has 0 spiro atoms. The van der Waals surface area contributed by atoms with Crippen LogP contribution >= 0.6 is 0 Å². The normalized spacial score (nSPS) is 18.6. The van der Waals surface area contributed by atoms with E-state index in [2.05, 4.69) is 55.7 Å². The highest BCUT2D eigenvalue weighted by molar-refractivity contribution is 5.85. The molecule has 0 aliphatic heterocycles. The Labute approximate surface area is 179 Å². The number of hydrogen-bond acceptors (Lipinski definition) is 0. The molecule has 0 atom stereocenters. The average Bonchev–Trinajstić information content (AvgIpc) is 2.80. The molecular weight excluding hydrogens is 367 g/mol. The van der Waals surface area contributed by atoms with Crippen LogP contribution in [0.4, 0.5) is 4.39 Å². The van der Waals surface area contributed by atoms with Crippen molar-refractivity contribution < 1.29 is 4.39 Å². The lowest BCUT2D eigenvalue weighted by Gasteiger charge is -2.27. The van der Waals surface area contributed by atoms with Crippen molar-refractivity contribution in [3.8, 4) is 11.8 Å². The maximum absolute atomic E-state index is 15.1. The summed E-state index contributed by atoms with van der Waals surface area (Å²) in [6.07, 6.45) is 9.07. The van der Waals surface area contributed by atoms with Crippen LogP contribution in [0, 0.1) is 23.6 Å². The van der Waals surface area contributed by atoms with E-state index in [0.717, 1.165) is 23.8 Å². The minimum absolute atomic E-state index is 0.218. The second kappa shape index (κ2) is 9.31. The Morgan fingerprint density at radius 3 is 2.43 bits per heavy atom. The first-order chi connectivity index (χ1) is 14.7. The molecule has 0 amide bonds. The SMILES string of the molecule is C=CC1CCC(c2ccc3c(F)c(C#Cc4ccc(CCC)cc4)ccc3c2)CC1. The number of aryl methyl sites for hydroxylation is 1. The van der Waals surface area contributed by atoms with E-state index in [1.807, 2.05) is 30.3 Å². The van der Waals surface area contributed by atoms with Gasteiger partial charge in [-0.3, -0.25) is 0 Å². The summed E-state index contributed by atoms with van der Waals surface area (Å²) in [7, 11) is 0. The predicted octanol–water partition coefficient (Wildman–Crippen LogP) is 7.79. The molecule has 0 nitrogen and oxygen atoms in total. The first-order valence-corrected chi connectivity index (χ1v) is 11.1. The maximum atomic E-state index is 15.1.